The van der Waals surface area contributed by atoms with Crippen LogP contribution >= 0.6 is 23.2 Å². The van der Waals surface area contributed by atoms with Gasteiger partial charge >= 0.3 is 0 Å². The molecule has 2 aromatic heterocycles. The molecule has 0 N–H and O–H groups in total. The Morgan fingerprint density at radius 2 is 1.38 bits per heavy atom. The molecule has 16 heavy (non-hydrogen) atoms. The second kappa shape index (κ2) is 4.60. The number of aromatic nitrogens is 2. The van der Waals surface area contributed by atoms with Gasteiger partial charge < -0.3 is 0 Å². The zero-order valence-electron chi connectivity index (χ0n) is 8.02. The summed E-state index contributed by atoms with van der Waals surface area (Å²) in [7, 11) is 0. The van der Waals surface area contributed by atoms with Gasteiger partial charge in [0.1, 0.15) is 10.3 Å². The van der Waals surface area contributed by atoms with E-state index in [2.05, 4.69) is 9.97 Å². The van der Waals surface area contributed by atoms with Gasteiger partial charge in [0, 0.05) is 12.4 Å². The van der Waals surface area contributed by atoms with Crippen LogP contribution in [-0.4, -0.2) is 15.8 Å². The van der Waals surface area contributed by atoms with E-state index in [0.29, 0.717) is 11.1 Å². The third-order valence-electron chi connectivity index (χ3n) is 2.01. The van der Waals surface area contributed by atoms with Gasteiger partial charge in [-0.3, -0.25) is 4.79 Å². The smallest absolute Gasteiger partial charge is 0.199 e. The largest absolute Gasteiger partial charge is 0.288 e. The maximum atomic E-state index is 12.0. The molecule has 0 aromatic carbocycles. The number of carbonyl (C=O) groups excluding carboxylic acids is 1. The normalized spacial score (nSPS) is 10.1. The molecule has 0 atom stereocenters. The molecule has 0 radical (unpaired) electrons. The second-order valence-electron chi connectivity index (χ2n) is 3.01. The summed E-state index contributed by atoms with van der Waals surface area (Å²) in [4.78, 5) is 19.7. The number of hydrogen-bond donors (Lipinski definition) is 0. The number of rotatable bonds is 2. The molecule has 5 heteroatoms. The van der Waals surface area contributed by atoms with Crippen molar-refractivity contribution in [2.45, 2.75) is 0 Å². The van der Waals surface area contributed by atoms with Crippen LogP contribution < -0.4 is 0 Å². The minimum atomic E-state index is -0.281. The Labute approximate surface area is 102 Å². The lowest BCUT2D eigenvalue weighted by Gasteiger charge is -2.03. The van der Waals surface area contributed by atoms with Crippen molar-refractivity contribution in [3.8, 4) is 0 Å². The maximum Gasteiger partial charge on any atom is 0.199 e. The molecule has 0 amide bonds. The number of pyridine rings is 2. The summed E-state index contributed by atoms with van der Waals surface area (Å²) in [5, 5.41) is 0.319. The molecule has 3 nitrogen and oxygen atoms in total. The highest BCUT2D eigenvalue weighted by atomic mass is 35.5. The van der Waals surface area contributed by atoms with Gasteiger partial charge in [0.05, 0.1) is 11.1 Å². The lowest BCUT2D eigenvalue weighted by atomic mass is 10.1. The van der Waals surface area contributed by atoms with Gasteiger partial charge in [0.25, 0.3) is 0 Å². The van der Waals surface area contributed by atoms with Crippen molar-refractivity contribution in [3.63, 3.8) is 0 Å². The van der Waals surface area contributed by atoms with Crippen molar-refractivity contribution in [2.75, 3.05) is 0 Å². The average molecular weight is 253 g/mol. The van der Waals surface area contributed by atoms with Crippen LogP contribution in [0.2, 0.25) is 10.3 Å². The zero-order chi connectivity index (χ0) is 11.5. The minimum Gasteiger partial charge on any atom is -0.288 e. The van der Waals surface area contributed by atoms with E-state index in [4.69, 9.17) is 23.2 Å². The Balaban J connectivity index is 2.48. The van der Waals surface area contributed by atoms with E-state index >= 15 is 0 Å². The fourth-order valence-electron chi connectivity index (χ4n) is 1.26. The molecule has 0 spiro atoms. The minimum absolute atomic E-state index is 0.160. The fourth-order valence-corrected chi connectivity index (χ4v) is 1.67. The summed E-state index contributed by atoms with van der Waals surface area (Å²) in [6.45, 7) is 0. The number of ketones is 1. The molecule has 2 aromatic rings. The summed E-state index contributed by atoms with van der Waals surface area (Å²) in [5.41, 5.74) is 0.637. The maximum absolute atomic E-state index is 12.0. The summed E-state index contributed by atoms with van der Waals surface area (Å²) in [6.07, 6.45) is 3.04. The van der Waals surface area contributed by atoms with Crippen LogP contribution in [-0.2, 0) is 0 Å². The van der Waals surface area contributed by atoms with Crippen molar-refractivity contribution in [2.24, 2.45) is 0 Å². The predicted molar refractivity (Wildman–Crippen MR) is 61.9 cm³/mol. The molecule has 0 fully saturated rings. The topological polar surface area (TPSA) is 42.9 Å². The van der Waals surface area contributed by atoms with Crippen LogP contribution in [0.25, 0.3) is 0 Å². The Bertz CT molecular complexity index is 496. The number of nitrogens with zero attached hydrogens (tertiary/aromatic N) is 2. The molecule has 0 saturated heterocycles. The summed E-state index contributed by atoms with van der Waals surface area (Å²) in [6, 6.07) is 6.48. The highest BCUT2D eigenvalue weighted by Gasteiger charge is 2.16. The van der Waals surface area contributed by atoms with Crippen LogP contribution in [0.5, 0.6) is 0 Å². The first kappa shape index (κ1) is 11.0. The lowest BCUT2D eigenvalue weighted by Crippen LogP contribution is -2.04. The number of carbonyl (C=O) groups is 1. The SMILES string of the molecule is O=C(c1cccnc1Cl)c1cccnc1Cl. The van der Waals surface area contributed by atoms with Gasteiger partial charge in [-0.15, -0.1) is 0 Å². The van der Waals surface area contributed by atoms with Gasteiger partial charge in [-0.25, -0.2) is 9.97 Å². The van der Waals surface area contributed by atoms with E-state index < -0.39 is 0 Å². The van der Waals surface area contributed by atoms with E-state index in [1.54, 1.807) is 24.3 Å². The van der Waals surface area contributed by atoms with E-state index in [1.165, 1.54) is 12.4 Å². The van der Waals surface area contributed by atoms with Gasteiger partial charge in [-0.05, 0) is 24.3 Å². The van der Waals surface area contributed by atoms with Crippen LogP contribution in [0.3, 0.4) is 0 Å². The molecule has 0 aliphatic heterocycles. The van der Waals surface area contributed by atoms with E-state index in [1.807, 2.05) is 0 Å². The van der Waals surface area contributed by atoms with E-state index in [9.17, 15) is 4.79 Å². The number of hydrogen-bond acceptors (Lipinski definition) is 3. The van der Waals surface area contributed by atoms with Crippen molar-refractivity contribution < 1.29 is 4.79 Å². The van der Waals surface area contributed by atoms with E-state index in [0.717, 1.165) is 0 Å². The fraction of sp³-hybridized carbons (Fsp3) is 0. The van der Waals surface area contributed by atoms with Gasteiger partial charge in [-0.2, -0.15) is 0 Å². The first-order valence-corrected chi connectivity index (χ1v) is 5.21. The molecule has 2 rings (SSSR count). The molecule has 2 heterocycles. The van der Waals surface area contributed by atoms with Gasteiger partial charge in [-0.1, -0.05) is 23.2 Å². The van der Waals surface area contributed by atoms with Gasteiger partial charge in [0.2, 0.25) is 0 Å². The molecule has 0 aliphatic carbocycles. The standard InChI is InChI=1S/C11H6Cl2N2O/c12-10-7(3-1-5-14-10)9(16)8-4-2-6-15-11(8)13/h1-6H. The highest BCUT2D eigenvalue weighted by molar-refractivity contribution is 6.37. The third kappa shape index (κ3) is 2.05. The third-order valence-corrected chi connectivity index (χ3v) is 2.61. The average Bonchev–Trinajstić information content (AvgIpc) is 2.29. The van der Waals surface area contributed by atoms with Crippen LogP contribution in [0.15, 0.2) is 36.7 Å². The predicted octanol–water partition coefficient (Wildman–Crippen LogP) is 3.01. The molecule has 0 aliphatic rings. The van der Waals surface area contributed by atoms with Crippen molar-refractivity contribution in [3.05, 3.63) is 58.1 Å². The molecular weight excluding hydrogens is 247 g/mol. The summed E-state index contributed by atoms with van der Waals surface area (Å²) < 4.78 is 0. The zero-order valence-corrected chi connectivity index (χ0v) is 9.53. The van der Waals surface area contributed by atoms with Crippen LogP contribution in [0.1, 0.15) is 15.9 Å². The Kier molecular flexibility index (Phi) is 3.17. The van der Waals surface area contributed by atoms with Gasteiger partial charge in [0.15, 0.2) is 5.78 Å². The van der Waals surface area contributed by atoms with Crippen molar-refractivity contribution in [1.82, 2.24) is 9.97 Å². The summed E-state index contributed by atoms with van der Waals surface area (Å²) in [5.74, 6) is -0.281. The monoisotopic (exact) mass is 252 g/mol. The van der Waals surface area contributed by atoms with Crippen LogP contribution in [0, 0.1) is 0 Å². The van der Waals surface area contributed by atoms with Crippen molar-refractivity contribution >= 4 is 29.0 Å². The van der Waals surface area contributed by atoms with E-state index in [-0.39, 0.29) is 16.1 Å². The van der Waals surface area contributed by atoms with Crippen molar-refractivity contribution in [1.29, 1.82) is 0 Å². The Hall–Kier alpha value is -1.45. The summed E-state index contributed by atoms with van der Waals surface area (Å²) >= 11 is 11.7. The molecular formula is C11H6Cl2N2O. The number of halogens is 2. The Morgan fingerprint density at radius 3 is 1.75 bits per heavy atom. The quantitative estimate of drug-likeness (QED) is 0.610. The molecule has 0 bridgehead atoms. The lowest BCUT2D eigenvalue weighted by molar-refractivity contribution is 0.103. The second-order valence-corrected chi connectivity index (χ2v) is 3.73. The highest BCUT2D eigenvalue weighted by Crippen LogP contribution is 2.20. The molecule has 0 saturated carbocycles. The van der Waals surface area contributed by atoms with Crippen LogP contribution in [0.4, 0.5) is 0 Å². The molecule has 80 valence electrons. The first-order valence-electron chi connectivity index (χ1n) is 4.46. The molecule has 0 unspecified atom stereocenters. The first-order chi connectivity index (χ1) is 7.70. The Morgan fingerprint density at radius 1 is 0.938 bits per heavy atom.